The molecule has 4 nitrogen and oxygen atoms in total. The molecule has 1 aliphatic heterocycles. The first-order valence-corrected chi connectivity index (χ1v) is 9.94. The molecule has 4 aromatic heterocycles. The van der Waals surface area contributed by atoms with Gasteiger partial charge in [-0.25, -0.2) is 0 Å². The van der Waals surface area contributed by atoms with Crippen molar-refractivity contribution in [2.45, 2.75) is 0 Å². The Kier molecular flexibility index (Phi) is 3.93. The fraction of sp³-hybridized carbons (Fsp3) is 0. The third-order valence-electron chi connectivity index (χ3n) is 4.70. The molecular formula is C19H11Al3N4. The SMILES string of the molecule is [Al][c]1c2nc([c]([Al])c3ccc([nH]3)c3ccc([nH]3)[c]([Al])c3ccc1[nH]3)C=C2. The second-order valence-corrected chi connectivity index (χ2v) is 8.05. The third-order valence-corrected chi connectivity index (χ3v) is 6.54. The van der Waals surface area contributed by atoms with E-state index in [0.29, 0.717) is 0 Å². The van der Waals surface area contributed by atoms with Gasteiger partial charge in [-0.15, -0.1) is 0 Å². The highest BCUT2D eigenvalue weighted by Gasteiger charge is 2.06. The number of fused-ring (bicyclic) bond motifs is 9. The van der Waals surface area contributed by atoms with Crippen molar-refractivity contribution in [3.63, 3.8) is 0 Å². The van der Waals surface area contributed by atoms with Crippen LogP contribution in [0, 0.1) is 0 Å². The van der Waals surface area contributed by atoms with Gasteiger partial charge in [0.2, 0.25) is 0 Å². The van der Waals surface area contributed by atoms with E-state index in [-0.39, 0.29) is 0 Å². The highest BCUT2D eigenvalue weighted by atomic mass is 27.1. The summed E-state index contributed by atoms with van der Waals surface area (Å²) in [6.07, 6.45) is 4.11. The van der Waals surface area contributed by atoms with E-state index in [9.17, 15) is 0 Å². The molecule has 0 aromatic carbocycles. The molecular weight excluding hydrogens is 365 g/mol. The fourth-order valence-electron chi connectivity index (χ4n) is 3.21. The van der Waals surface area contributed by atoms with Gasteiger partial charge >= 0.3 is 0 Å². The molecule has 116 valence electrons. The van der Waals surface area contributed by atoms with Crippen LogP contribution >= 0.6 is 0 Å². The van der Waals surface area contributed by atoms with Gasteiger partial charge in [0.05, 0.1) is 22.4 Å². The first-order valence-electron chi connectivity index (χ1n) is 8.21. The van der Waals surface area contributed by atoms with E-state index < -0.39 is 0 Å². The lowest BCUT2D eigenvalue weighted by Crippen LogP contribution is -2.11. The van der Waals surface area contributed by atoms with Crippen LogP contribution in [-0.4, -0.2) is 68.8 Å². The van der Waals surface area contributed by atoms with Crippen LogP contribution in [0.3, 0.4) is 0 Å². The van der Waals surface area contributed by atoms with Crippen molar-refractivity contribution >= 4 is 107 Å². The average Bonchev–Trinajstić information content (AvgIpc) is 3.45. The van der Waals surface area contributed by atoms with Crippen molar-refractivity contribution in [3.8, 4) is 0 Å². The van der Waals surface area contributed by atoms with Gasteiger partial charge in [0, 0.05) is 22.1 Å². The van der Waals surface area contributed by atoms with Crippen LogP contribution in [0.15, 0.2) is 36.4 Å². The zero-order valence-corrected chi connectivity index (χ0v) is 17.3. The van der Waals surface area contributed by atoms with Gasteiger partial charge < -0.3 is 15.0 Å². The molecule has 0 fully saturated rings. The monoisotopic (exact) mass is 376 g/mol. The van der Waals surface area contributed by atoms with Crippen molar-refractivity contribution in [3.05, 3.63) is 47.8 Å². The van der Waals surface area contributed by atoms with Crippen molar-refractivity contribution in [1.82, 2.24) is 19.9 Å². The Hall–Kier alpha value is -1.67. The second-order valence-electron chi connectivity index (χ2n) is 6.31. The number of hydrogen-bond donors (Lipinski definition) is 3. The van der Waals surface area contributed by atoms with Crippen LogP contribution in [0.2, 0.25) is 0 Å². The van der Waals surface area contributed by atoms with Crippen molar-refractivity contribution in [2.75, 3.05) is 0 Å². The summed E-state index contributed by atoms with van der Waals surface area (Å²) >= 11 is 8.46. The number of rotatable bonds is 0. The molecule has 0 amide bonds. The van der Waals surface area contributed by atoms with Gasteiger partial charge in [-0.2, -0.15) is 0 Å². The predicted octanol–water partition coefficient (Wildman–Crippen LogP) is 1.08. The molecule has 0 unspecified atom stereocenters. The van der Waals surface area contributed by atoms with Crippen LogP contribution in [0.1, 0.15) is 11.4 Å². The minimum absolute atomic E-state index is 0.950. The number of nitrogens with one attached hydrogen (secondary N) is 3. The lowest BCUT2D eigenvalue weighted by atomic mass is 10.3. The number of hydrogen-bond acceptors (Lipinski definition) is 1. The van der Waals surface area contributed by atoms with Crippen LogP contribution in [0.25, 0.3) is 45.3 Å². The Labute approximate surface area is 174 Å². The summed E-state index contributed by atoms with van der Waals surface area (Å²) in [4.78, 5) is 15.3. The van der Waals surface area contributed by atoms with Gasteiger partial charge in [0.1, 0.15) is 0 Å². The zero-order chi connectivity index (χ0) is 17.8. The molecule has 0 aliphatic carbocycles. The number of aromatic nitrogens is 4. The molecule has 0 atom stereocenters. The average molecular weight is 376 g/mol. The van der Waals surface area contributed by atoms with Crippen LogP contribution in [0.4, 0.5) is 0 Å². The normalized spacial score (nSPS) is 12.2. The summed E-state index contributed by atoms with van der Waals surface area (Å²) in [5.41, 5.74) is 8.22. The Bertz CT molecular complexity index is 1320. The summed E-state index contributed by atoms with van der Waals surface area (Å²) in [5.74, 6) is 0. The lowest BCUT2D eigenvalue weighted by Gasteiger charge is -1.97. The minimum Gasteiger partial charge on any atom is -0.357 e. The maximum absolute atomic E-state index is 4.81. The lowest BCUT2D eigenvalue weighted by molar-refractivity contribution is 1.35. The Morgan fingerprint density at radius 1 is 0.500 bits per heavy atom. The Morgan fingerprint density at radius 3 is 1.31 bits per heavy atom. The van der Waals surface area contributed by atoms with Gasteiger partial charge in [-0.1, -0.05) is 13.3 Å². The van der Waals surface area contributed by atoms with Crippen LogP contribution in [0.5, 0.6) is 0 Å². The van der Waals surface area contributed by atoms with Gasteiger partial charge in [-0.3, -0.25) is 4.98 Å². The molecule has 4 aromatic rings. The molecule has 7 heteroatoms. The predicted molar refractivity (Wildman–Crippen MR) is 111 cm³/mol. The topological polar surface area (TPSA) is 60.3 Å². The molecule has 8 bridgehead atoms. The molecule has 0 saturated carbocycles. The maximum atomic E-state index is 4.81. The first-order chi connectivity index (χ1) is 12.6. The molecule has 5 heterocycles. The molecule has 5 rings (SSSR count). The van der Waals surface area contributed by atoms with Gasteiger partial charge in [0.25, 0.3) is 0 Å². The van der Waals surface area contributed by atoms with E-state index in [0.717, 1.165) is 57.8 Å². The summed E-state index contributed by atoms with van der Waals surface area (Å²) in [7, 11) is 0. The fourth-order valence-corrected chi connectivity index (χ4v) is 4.21. The Balaban J connectivity index is 2.01. The molecule has 1 aliphatic rings. The van der Waals surface area contributed by atoms with Crippen molar-refractivity contribution in [2.24, 2.45) is 0 Å². The summed E-state index contributed by atoms with van der Waals surface area (Å²) in [5, 5.41) is 0. The van der Waals surface area contributed by atoms with Crippen molar-refractivity contribution < 1.29 is 0 Å². The van der Waals surface area contributed by atoms with E-state index in [4.69, 9.17) is 4.98 Å². The summed E-state index contributed by atoms with van der Waals surface area (Å²) in [6.45, 7) is 0. The zero-order valence-electron chi connectivity index (χ0n) is 13.8. The van der Waals surface area contributed by atoms with Crippen molar-refractivity contribution in [1.29, 1.82) is 0 Å². The molecule has 26 heavy (non-hydrogen) atoms. The highest BCUT2D eigenvalue weighted by Crippen LogP contribution is 2.14. The minimum atomic E-state index is 0.950. The highest BCUT2D eigenvalue weighted by molar-refractivity contribution is 6.42. The van der Waals surface area contributed by atoms with Crippen LogP contribution in [-0.2, 0) is 0 Å². The van der Waals surface area contributed by atoms with E-state index in [2.05, 4.69) is 112 Å². The standard InChI is InChI=1S/C19H11N4.3Al/c1-3-14-10-16-5-7-18(22-16)19-8-6-17(23-19)11-15-4-2-13(21-15)9-12(1)20-14;;;/h1-8,20,22-23H;;;. The van der Waals surface area contributed by atoms with Crippen LogP contribution < -0.4 is 13.3 Å². The summed E-state index contributed by atoms with van der Waals surface area (Å²) in [6, 6.07) is 12.6. The Morgan fingerprint density at radius 2 is 0.846 bits per heavy atom. The largest absolute Gasteiger partial charge is 0.357 e. The maximum Gasteiger partial charge on any atom is 0.182 e. The molecule has 0 spiro atoms. The second kappa shape index (κ2) is 6.19. The summed E-state index contributed by atoms with van der Waals surface area (Å²) < 4.78 is 3.19. The van der Waals surface area contributed by atoms with E-state index in [1.165, 1.54) is 0 Å². The molecule has 6 radical (unpaired) electrons. The first kappa shape index (κ1) is 16.5. The number of aromatic amines is 3. The molecule has 0 saturated heterocycles. The van der Waals surface area contributed by atoms with E-state index >= 15 is 0 Å². The smallest absolute Gasteiger partial charge is 0.182 e. The quantitative estimate of drug-likeness (QED) is 0.348. The number of nitrogens with zero attached hydrogens (tertiary/aromatic N) is 1. The van der Waals surface area contributed by atoms with E-state index in [1.54, 1.807) is 0 Å². The molecule has 3 N–H and O–H groups in total. The van der Waals surface area contributed by atoms with Gasteiger partial charge in [-0.05, 0) is 48.6 Å². The van der Waals surface area contributed by atoms with Gasteiger partial charge in [0.15, 0.2) is 48.9 Å². The third kappa shape index (κ3) is 2.61. The van der Waals surface area contributed by atoms with E-state index in [1.807, 2.05) is 0 Å². The number of H-pyrrole nitrogens is 3.